The molecule has 0 N–H and O–H groups in total. The van der Waals surface area contributed by atoms with Crippen molar-refractivity contribution < 1.29 is 14.2 Å². The van der Waals surface area contributed by atoms with Gasteiger partial charge in [-0.2, -0.15) is 0 Å². The van der Waals surface area contributed by atoms with Crippen molar-refractivity contribution in [1.82, 2.24) is 0 Å². The fourth-order valence-electron chi connectivity index (χ4n) is 5.17. The van der Waals surface area contributed by atoms with Crippen LogP contribution in [0.4, 0.5) is 0 Å². The lowest BCUT2D eigenvalue weighted by molar-refractivity contribution is -0.274. The maximum absolute atomic E-state index is 6.61. The van der Waals surface area contributed by atoms with E-state index in [9.17, 15) is 0 Å². The molecule has 2 aliphatic carbocycles. The summed E-state index contributed by atoms with van der Waals surface area (Å²) in [5, 5.41) is 0. The molecular formula is C18H32O3. The molecule has 2 saturated carbocycles. The Morgan fingerprint density at radius 2 is 1.29 bits per heavy atom. The normalized spacial score (nSPS) is 47.6. The van der Waals surface area contributed by atoms with Crippen LogP contribution in [0.15, 0.2) is 0 Å². The third-order valence-electron chi connectivity index (χ3n) is 5.99. The molecular weight excluding hydrogens is 264 g/mol. The fraction of sp³-hybridized carbons (Fsp3) is 1.00. The average Bonchev–Trinajstić information content (AvgIpc) is 2.44. The van der Waals surface area contributed by atoms with Gasteiger partial charge in [-0.15, -0.1) is 0 Å². The van der Waals surface area contributed by atoms with E-state index in [2.05, 4.69) is 48.5 Å². The van der Waals surface area contributed by atoms with Crippen LogP contribution in [0.3, 0.4) is 0 Å². The second kappa shape index (κ2) is 4.94. The minimum absolute atomic E-state index is 0.00312. The summed E-state index contributed by atoms with van der Waals surface area (Å²) in [5.74, 6) is 1.58. The van der Waals surface area contributed by atoms with Gasteiger partial charge in [-0.05, 0) is 67.2 Å². The molecule has 0 aromatic heterocycles. The van der Waals surface area contributed by atoms with Crippen LogP contribution >= 0.6 is 0 Å². The van der Waals surface area contributed by atoms with Gasteiger partial charge in [0.05, 0.1) is 35.6 Å². The molecule has 3 nitrogen and oxygen atoms in total. The zero-order valence-corrected chi connectivity index (χ0v) is 14.7. The number of rotatable bonds is 4. The van der Waals surface area contributed by atoms with E-state index in [0.29, 0.717) is 17.8 Å². The summed E-state index contributed by atoms with van der Waals surface area (Å²) in [6.07, 6.45) is 3.28. The lowest BCUT2D eigenvalue weighted by atomic mass is 9.62. The molecule has 4 rings (SSSR count). The van der Waals surface area contributed by atoms with Gasteiger partial charge in [-0.25, -0.2) is 0 Å². The smallest absolute Gasteiger partial charge is 0.0899 e. The molecule has 0 aromatic rings. The van der Waals surface area contributed by atoms with Gasteiger partial charge in [0.15, 0.2) is 0 Å². The number of hydrogen-bond donors (Lipinski definition) is 0. The second-order valence-electron chi connectivity index (χ2n) is 8.57. The van der Waals surface area contributed by atoms with E-state index in [4.69, 9.17) is 14.2 Å². The Kier molecular flexibility index (Phi) is 3.71. The summed E-state index contributed by atoms with van der Waals surface area (Å²) in [4.78, 5) is 0. The first-order valence-electron chi connectivity index (χ1n) is 8.66. The van der Waals surface area contributed by atoms with Crippen LogP contribution < -0.4 is 0 Å². The van der Waals surface area contributed by atoms with E-state index >= 15 is 0 Å². The third kappa shape index (κ3) is 2.36. The molecule has 2 heterocycles. The van der Waals surface area contributed by atoms with Crippen molar-refractivity contribution in [2.45, 2.75) is 96.9 Å². The second-order valence-corrected chi connectivity index (χ2v) is 8.57. The number of ether oxygens (including phenoxy) is 3. The molecule has 0 radical (unpaired) electrons. The van der Waals surface area contributed by atoms with Gasteiger partial charge in [0, 0.05) is 11.8 Å². The molecule has 2 saturated heterocycles. The Labute approximate surface area is 129 Å². The van der Waals surface area contributed by atoms with E-state index in [1.54, 1.807) is 0 Å². The Hall–Kier alpha value is -0.120. The van der Waals surface area contributed by atoms with Gasteiger partial charge in [-0.1, -0.05) is 0 Å². The average molecular weight is 296 g/mol. The lowest BCUT2D eigenvalue weighted by Crippen LogP contribution is -2.61. The lowest BCUT2D eigenvalue weighted by Gasteiger charge is -2.58. The molecule has 122 valence electrons. The predicted octanol–water partition coefficient (Wildman–Crippen LogP) is 3.80. The van der Waals surface area contributed by atoms with Crippen molar-refractivity contribution in [2.75, 3.05) is 0 Å². The molecule has 0 spiro atoms. The van der Waals surface area contributed by atoms with Crippen LogP contribution in [0.1, 0.15) is 61.3 Å². The molecule has 21 heavy (non-hydrogen) atoms. The van der Waals surface area contributed by atoms with Gasteiger partial charge < -0.3 is 14.2 Å². The van der Waals surface area contributed by atoms with Crippen molar-refractivity contribution in [3.05, 3.63) is 0 Å². The summed E-state index contributed by atoms with van der Waals surface area (Å²) >= 11 is 0. The molecule has 4 aliphatic rings. The van der Waals surface area contributed by atoms with E-state index in [1.807, 2.05) is 0 Å². The Morgan fingerprint density at radius 3 is 1.67 bits per heavy atom. The minimum atomic E-state index is -0.0859. The van der Waals surface area contributed by atoms with Crippen LogP contribution in [0, 0.1) is 17.8 Å². The topological polar surface area (TPSA) is 27.7 Å². The van der Waals surface area contributed by atoms with Crippen molar-refractivity contribution in [3.8, 4) is 0 Å². The standard InChI is InChI=1S/C18H32O3/c1-10(2)19-15-13-8-12-9-14(16(15)20-11(3)4)18(13,7)21-17(12,5)6/h10-16H,8-9H2,1-7H3. The highest BCUT2D eigenvalue weighted by Gasteiger charge is 2.69. The first-order valence-corrected chi connectivity index (χ1v) is 8.66. The van der Waals surface area contributed by atoms with Crippen LogP contribution in [0.25, 0.3) is 0 Å². The zero-order chi connectivity index (χ0) is 15.6. The largest absolute Gasteiger partial charge is 0.372 e. The SMILES string of the molecule is CC(C)OC1C(OC(C)C)C2CC3CC1C2(C)OC3(C)C. The van der Waals surface area contributed by atoms with Crippen molar-refractivity contribution >= 4 is 0 Å². The molecule has 4 fully saturated rings. The van der Waals surface area contributed by atoms with E-state index in [-0.39, 0.29) is 35.6 Å². The first kappa shape index (κ1) is 15.8. The quantitative estimate of drug-likeness (QED) is 0.790. The fourth-order valence-corrected chi connectivity index (χ4v) is 5.17. The summed E-state index contributed by atoms with van der Waals surface area (Å²) in [7, 11) is 0. The molecule has 3 heteroatoms. The summed E-state index contributed by atoms with van der Waals surface area (Å²) < 4.78 is 19.3. The van der Waals surface area contributed by atoms with Crippen molar-refractivity contribution in [3.63, 3.8) is 0 Å². The first-order chi connectivity index (χ1) is 9.65. The number of hydrogen-bond acceptors (Lipinski definition) is 3. The van der Waals surface area contributed by atoms with Crippen LogP contribution in [0.5, 0.6) is 0 Å². The third-order valence-corrected chi connectivity index (χ3v) is 5.99. The van der Waals surface area contributed by atoms with E-state index in [0.717, 1.165) is 0 Å². The van der Waals surface area contributed by atoms with E-state index < -0.39 is 0 Å². The van der Waals surface area contributed by atoms with Crippen LogP contribution in [0.2, 0.25) is 0 Å². The molecule has 4 atom stereocenters. The monoisotopic (exact) mass is 296 g/mol. The van der Waals surface area contributed by atoms with Gasteiger partial charge in [-0.3, -0.25) is 0 Å². The highest BCUT2D eigenvalue weighted by molar-refractivity contribution is 5.17. The molecule has 4 unspecified atom stereocenters. The predicted molar refractivity (Wildman–Crippen MR) is 83.3 cm³/mol. The Bertz CT molecular complexity index is 375. The molecule has 2 aliphatic heterocycles. The molecule has 0 aromatic carbocycles. The Morgan fingerprint density at radius 1 is 0.857 bits per heavy atom. The summed E-state index contributed by atoms with van der Waals surface area (Å²) in [6, 6.07) is 0. The maximum atomic E-state index is 6.61. The van der Waals surface area contributed by atoms with Gasteiger partial charge in [0.25, 0.3) is 0 Å². The van der Waals surface area contributed by atoms with Crippen LogP contribution in [-0.4, -0.2) is 35.6 Å². The van der Waals surface area contributed by atoms with Gasteiger partial charge >= 0.3 is 0 Å². The van der Waals surface area contributed by atoms with Gasteiger partial charge in [0.2, 0.25) is 0 Å². The highest BCUT2D eigenvalue weighted by Crippen LogP contribution is 2.63. The number of fused-ring (bicyclic) bond motifs is 1. The van der Waals surface area contributed by atoms with Gasteiger partial charge in [0.1, 0.15) is 0 Å². The summed E-state index contributed by atoms with van der Waals surface area (Å²) in [6.45, 7) is 15.3. The summed E-state index contributed by atoms with van der Waals surface area (Å²) in [5.41, 5.74) is -0.0891. The van der Waals surface area contributed by atoms with Crippen molar-refractivity contribution in [2.24, 2.45) is 17.8 Å². The highest BCUT2D eigenvalue weighted by atomic mass is 16.6. The molecule has 0 amide bonds. The van der Waals surface area contributed by atoms with Crippen LogP contribution in [-0.2, 0) is 14.2 Å². The minimum Gasteiger partial charge on any atom is -0.372 e. The van der Waals surface area contributed by atoms with Crippen molar-refractivity contribution in [1.29, 1.82) is 0 Å². The zero-order valence-electron chi connectivity index (χ0n) is 14.7. The van der Waals surface area contributed by atoms with E-state index in [1.165, 1.54) is 12.8 Å². The maximum Gasteiger partial charge on any atom is 0.0899 e. The molecule has 4 bridgehead atoms. The Balaban J connectivity index is 1.92.